The van der Waals surface area contributed by atoms with Crippen molar-refractivity contribution in [3.05, 3.63) is 59.2 Å². The van der Waals surface area contributed by atoms with Gasteiger partial charge in [0.2, 0.25) is 15.7 Å². The van der Waals surface area contributed by atoms with E-state index >= 15 is 0 Å². The molecule has 28 heavy (non-hydrogen) atoms. The summed E-state index contributed by atoms with van der Waals surface area (Å²) in [5.74, 6) is -0.927. The minimum absolute atomic E-state index is 0.0714. The van der Waals surface area contributed by atoms with E-state index in [1.807, 2.05) is 6.92 Å². The number of carbonyl (C=O) groups excluding carboxylic acids is 2. The molecule has 1 aliphatic rings. The summed E-state index contributed by atoms with van der Waals surface area (Å²) in [7, 11) is -3.76. The maximum absolute atomic E-state index is 13.2. The lowest BCUT2D eigenvalue weighted by atomic mass is 9.95. The lowest BCUT2D eigenvalue weighted by molar-refractivity contribution is -0.152. The molecule has 1 N–H and O–H groups in total. The smallest absolute Gasteiger partial charge is 0.332 e. The van der Waals surface area contributed by atoms with Crippen LogP contribution in [0.4, 0.5) is 0 Å². The van der Waals surface area contributed by atoms with Crippen molar-refractivity contribution in [2.45, 2.75) is 48.9 Å². The zero-order valence-electron chi connectivity index (χ0n) is 16.1. The van der Waals surface area contributed by atoms with Gasteiger partial charge in [-0.1, -0.05) is 29.8 Å². The van der Waals surface area contributed by atoms with Crippen molar-refractivity contribution in [1.82, 2.24) is 5.32 Å². The molecule has 0 fully saturated rings. The van der Waals surface area contributed by atoms with Gasteiger partial charge in [-0.05, 0) is 43.2 Å². The van der Waals surface area contributed by atoms with Crippen LogP contribution in [0.2, 0.25) is 0 Å². The van der Waals surface area contributed by atoms with Gasteiger partial charge in [-0.2, -0.15) is 0 Å². The third-order valence-corrected chi connectivity index (χ3v) is 6.76. The van der Waals surface area contributed by atoms with Crippen LogP contribution in [0.25, 0.3) is 0 Å². The molecule has 0 radical (unpaired) electrons. The average Bonchev–Trinajstić information content (AvgIpc) is 3.00. The van der Waals surface area contributed by atoms with Crippen LogP contribution < -0.4 is 5.32 Å². The van der Waals surface area contributed by atoms with Gasteiger partial charge in [0, 0.05) is 19.8 Å². The number of ether oxygens (including phenoxy) is 1. The number of carbonyl (C=O) groups is 2. The SMILES string of the molecule is CCOC(=O)C1(NC(C)=O)Cc2cccc(S(=O)(=O)c3ccc(C)cc3)c2C1. The Balaban J connectivity index is 2.08. The maximum atomic E-state index is 13.2. The Morgan fingerprint density at radius 3 is 2.39 bits per heavy atom. The van der Waals surface area contributed by atoms with Crippen LogP contribution in [0, 0.1) is 6.92 Å². The Morgan fingerprint density at radius 1 is 1.11 bits per heavy atom. The number of nitrogens with one attached hydrogen (secondary N) is 1. The fourth-order valence-corrected chi connectivity index (χ4v) is 5.19. The maximum Gasteiger partial charge on any atom is 0.332 e. The molecule has 2 aromatic carbocycles. The highest BCUT2D eigenvalue weighted by molar-refractivity contribution is 7.91. The highest BCUT2D eigenvalue weighted by Gasteiger charge is 2.47. The fraction of sp³-hybridized carbons (Fsp3) is 0.333. The van der Waals surface area contributed by atoms with Gasteiger partial charge < -0.3 is 10.1 Å². The number of amides is 1. The molecule has 0 aromatic heterocycles. The second kappa shape index (κ2) is 7.39. The molecular weight excluding hydrogens is 378 g/mol. The first kappa shape index (κ1) is 20.1. The van der Waals surface area contributed by atoms with Crippen molar-refractivity contribution in [3.8, 4) is 0 Å². The molecule has 148 valence electrons. The Hall–Kier alpha value is -2.67. The first-order chi connectivity index (χ1) is 13.2. The molecule has 6 nitrogen and oxygen atoms in total. The van der Waals surface area contributed by atoms with E-state index in [4.69, 9.17) is 4.74 Å². The van der Waals surface area contributed by atoms with Crippen molar-refractivity contribution in [2.24, 2.45) is 0 Å². The zero-order valence-corrected chi connectivity index (χ0v) is 16.9. The van der Waals surface area contributed by atoms with Crippen LogP contribution >= 0.6 is 0 Å². The Kier molecular flexibility index (Phi) is 5.30. The van der Waals surface area contributed by atoms with E-state index in [9.17, 15) is 18.0 Å². The topological polar surface area (TPSA) is 89.5 Å². The van der Waals surface area contributed by atoms with Gasteiger partial charge in [0.15, 0.2) is 0 Å². The molecule has 0 spiro atoms. The summed E-state index contributed by atoms with van der Waals surface area (Å²) in [6.45, 7) is 5.07. The largest absolute Gasteiger partial charge is 0.464 e. The standard InChI is InChI=1S/C21H23NO5S/c1-4-27-20(24)21(22-15(3)23)12-16-6-5-7-19(18(16)13-21)28(25,26)17-10-8-14(2)9-11-17/h5-11H,4,12-13H2,1-3H3,(H,22,23). The molecule has 1 atom stereocenters. The van der Waals surface area contributed by atoms with Crippen LogP contribution in [0.5, 0.6) is 0 Å². The number of esters is 1. The molecule has 0 saturated carbocycles. The van der Waals surface area contributed by atoms with Gasteiger partial charge >= 0.3 is 5.97 Å². The summed E-state index contributed by atoms with van der Waals surface area (Å²) >= 11 is 0. The lowest BCUT2D eigenvalue weighted by Gasteiger charge is -2.27. The molecule has 3 rings (SSSR count). The molecule has 7 heteroatoms. The average molecular weight is 401 g/mol. The first-order valence-corrected chi connectivity index (χ1v) is 10.6. The number of aryl methyl sites for hydroxylation is 1. The highest BCUT2D eigenvalue weighted by atomic mass is 32.2. The number of hydrogen-bond donors (Lipinski definition) is 1. The van der Waals surface area contributed by atoms with Crippen molar-refractivity contribution in [3.63, 3.8) is 0 Å². The van der Waals surface area contributed by atoms with E-state index in [-0.39, 0.29) is 35.1 Å². The Morgan fingerprint density at radius 2 is 1.79 bits per heavy atom. The summed E-state index contributed by atoms with van der Waals surface area (Å²) in [6, 6.07) is 11.6. The van der Waals surface area contributed by atoms with Gasteiger partial charge in [-0.3, -0.25) is 4.79 Å². The van der Waals surface area contributed by atoms with Gasteiger partial charge in [-0.25, -0.2) is 13.2 Å². The second-order valence-electron chi connectivity index (χ2n) is 7.05. The molecule has 0 saturated heterocycles. The molecule has 2 aromatic rings. The van der Waals surface area contributed by atoms with Gasteiger partial charge in [0.25, 0.3) is 0 Å². The lowest BCUT2D eigenvalue weighted by Crippen LogP contribution is -2.55. The van der Waals surface area contributed by atoms with Crippen LogP contribution in [-0.2, 0) is 37.0 Å². The van der Waals surface area contributed by atoms with Gasteiger partial charge in [0.05, 0.1) is 16.4 Å². The minimum atomic E-state index is -3.76. The summed E-state index contributed by atoms with van der Waals surface area (Å²) < 4.78 is 31.6. The number of benzene rings is 2. The molecule has 1 amide bonds. The molecule has 1 unspecified atom stereocenters. The van der Waals surface area contributed by atoms with Crippen LogP contribution in [0.1, 0.15) is 30.5 Å². The van der Waals surface area contributed by atoms with Gasteiger partial charge in [-0.15, -0.1) is 0 Å². The summed E-state index contributed by atoms with van der Waals surface area (Å²) in [5, 5.41) is 2.70. The third-order valence-electron chi connectivity index (χ3n) is 4.90. The number of hydrogen-bond acceptors (Lipinski definition) is 5. The predicted molar refractivity (Wildman–Crippen MR) is 104 cm³/mol. The zero-order chi connectivity index (χ0) is 20.5. The molecule has 0 bridgehead atoms. The molecule has 1 aliphatic carbocycles. The monoisotopic (exact) mass is 401 g/mol. The van der Waals surface area contributed by atoms with Crippen LogP contribution in [-0.4, -0.2) is 32.4 Å². The second-order valence-corrected chi connectivity index (χ2v) is 8.97. The number of rotatable bonds is 5. The minimum Gasteiger partial charge on any atom is -0.464 e. The fourth-order valence-electron chi connectivity index (χ4n) is 3.65. The Bertz CT molecular complexity index is 1030. The first-order valence-electron chi connectivity index (χ1n) is 9.08. The van der Waals surface area contributed by atoms with E-state index in [2.05, 4.69) is 5.32 Å². The molecule has 0 aliphatic heterocycles. The third kappa shape index (κ3) is 3.54. The summed E-state index contributed by atoms with van der Waals surface area (Å²) in [6.07, 6.45) is 0.264. The van der Waals surface area contributed by atoms with Crippen LogP contribution in [0.3, 0.4) is 0 Å². The van der Waals surface area contributed by atoms with Crippen molar-refractivity contribution in [1.29, 1.82) is 0 Å². The normalized spacial score (nSPS) is 18.4. The van der Waals surface area contributed by atoms with Gasteiger partial charge in [0.1, 0.15) is 5.54 Å². The highest BCUT2D eigenvalue weighted by Crippen LogP contribution is 2.37. The van der Waals surface area contributed by atoms with Crippen LogP contribution in [0.15, 0.2) is 52.3 Å². The summed E-state index contributed by atoms with van der Waals surface area (Å²) in [5.41, 5.74) is 0.937. The number of fused-ring (bicyclic) bond motifs is 1. The molecule has 0 heterocycles. The molecular formula is C21H23NO5S. The van der Waals surface area contributed by atoms with Crippen molar-refractivity contribution in [2.75, 3.05) is 6.61 Å². The summed E-state index contributed by atoms with van der Waals surface area (Å²) in [4.78, 5) is 24.8. The van der Waals surface area contributed by atoms with Crippen molar-refractivity contribution >= 4 is 21.7 Å². The van der Waals surface area contributed by atoms with E-state index in [1.54, 1.807) is 49.4 Å². The Labute approximate surface area is 164 Å². The van der Waals surface area contributed by atoms with Crippen molar-refractivity contribution < 1.29 is 22.7 Å². The number of sulfone groups is 1. The predicted octanol–water partition coefficient (Wildman–Crippen LogP) is 2.36. The van der Waals surface area contributed by atoms with E-state index in [1.165, 1.54) is 6.92 Å². The quantitative estimate of drug-likeness (QED) is 0.777. The van der Waals surface area contributed by atoms with E-state index in [0.717, 1.165) is 11.1 Å². The van der Waals surface area contributed by atoms with E-state index < -0.39 is 21.3 Å². The van der Waals surface area contributed by atoms with E-state index in [0.29, 0.717) is 5.56 Å².